The number of benzene rings is 2. The second kappa shape index (κ2) is 10.7. The number of piperazine rings is 1. The third-order valence-electron chi connectivity index (χ3n) is 6.62. The predicted octanol–water partition coefficient (Wildman–Crippen LogP) is 2.48. The zero-order valence-corrected chi connectivity index (χ0v) is 19.2. The summed E-state index contributed by atoms with van der Waals surface area (Å²) in [5.74, 6) is -0.0354. The van der Waals surface area contributed by atoms with Crippen LogP contribution in [-0.2, 0) is 9.59 Å². The van der Waals surface area contributed by atoms with E-state index in [0.29, 0.717) is 23.4 Å². The van der Waals surface area contributed by atoms with Crippen LogP contribution in [0.5, 0.6) is 0 Å². The molecule has 7 nitrogen and oxygen atoms in total. The quantitative estimate of drug-likeness (QED) is 0.659. The lowest BCUT2D eigenvalue weighted by atomic mass is 10.0. The van der Waals surface area contributed by atoms with Crippen LogP contribution in [0.3, 0.4) is 0 Å². The van der Waals surface area contributed by atoms with Gasteiger partial charge in [-0.05, 0) is 31.9 Å². The Morgan fingerprint density at radius 1 is 0.848 bits per heavy atom. The number of anilines is 1. The van der Waals surface area contributed by atoms with Crippen molar-refractivity contribution in [3.05, 3.63) is 65.7 Å². The third kappa shape index (κ3) is 5.67. The van der Waals surface area contributed by atoms with Crippen LogP contribution < -0.4 is 5.32 Å². The first-order valence-corrected chi connectivity index (χ1v) is 11.8. The lowest BCUT2D eigenvalue weighted by Gasteiger charge is -2.37. The largest absolute Gasteiger partial charge is 0.342 e. The van der Waals surface area contributed by atoms with Crippen LogP contribution >= 0.6 is 0 Å². The lowest BCUT2D eigenvalue weighted by Crippen LogP contribution is -2.54. The number of amides is 2. The van der Waals surface area contributed by atoms with Gasteiger partial charge in [0.25, 0.3) is 0 Å². The number of nitrogens with zero attached hydrogens (tertiary/aromatic N) is 3. The van der Waals surface area contributed by atoms with Gasteiger partial charge in [0.05, 0.1) is 18.3 Å². The zero-order valence-electron chi connectivity index (χ0n) is 19.2. The van der Waals surface area contributed by atoms with E-state index in [-0.39, 0.29) is 23.6 Å². The number of para-hydroxylation sites is 1. The van der Waals surface area contributed by atoms with Crippen LogP contribution in [0.4, 0.5) is 5.69 Å². The summed E-state index contributed by atoms with van der Waals surface area (Å²) in [5.41, 5.74) is 1.60. The molecule has 2 heterocycles. The minimum atomic E-state index is -0.332. The minimum Gasteiger partial charge on any atom is -0.342 e. The fraction of sp³-hybridized carbons (Fsp3) is 0.423. The normalized spacial score (nSPS) is 18.2. The molecule has 2 amide bonds. The molecule has 33 heavy (non-hydrogen) atoms. The summed E-state index contributed by atoms with van der Waals surface area (Å²) in [5, 5.41) is 2.96. The predicted molar refractivity (Wildman–Crippen MR) is 128 cm³/mol. The van der Waals surface area contributed by atoms with E-state index >= 15 is 0 Å². The summed E-state index contributed by atoms with van der Waals surface area (Å²) in [6.07, 6.45) is 2.21. The number of carbonyl (C=O) groups is 3. The highest BCUT2D eigenvalue weighted by Crippen LogP contribution is 2.20. The highest BCUT2D eigenvalue weighted by molar-refractivity contribution is 6.14. The van der Waals surface area contributed by atoms with Crippen LogP contribution in [0, 0.1) is 0 Å². The number of ketones is 1. The van der Waals surface area contributed by atoms with E-state index in [2.05, 4.69) is 15.1 Å². The third-order valence-corrected chi connectivity index (χ3v) is 6.62. The maximum absolute atomic E-state index is 13.0. The lowest BCUT2D eigenvalue weighted by molar-refractivity contribution is -0.132. The SMILES string of the molecule is CC(C(=O)Nc1ccccc1C(=O)c1ccccc1)N1CCN(CC(=O)N2CCCC2)CC1. The summed E-state index contributed by atoms with van der Waals surface area (Å²) >= 11 is 0. The maximum Gasteiger partial charge on any atom is 0.241 e. The van der Waals surface area contributed by atoms with Crippen molar-refractivity contribution in [1.29, 1.82) is 0 Å². The van der Waals surface area contributed by atoms with Gasteiger partial charge in [-0.3, -0.25) is 24.2 Å². The molecule has 0 aliphatic carbocycles. The van der Waals surface area contributed by atoms with Gasteiger partial charge in [-0.15, -0.1) is 0 Å². The molecule has 1 unspecified atom stereocenters. The van der Waals surface area contributed by atoms with Crippen LogP contribution in [0.2, 0.25) is 0 Å². The molecular weight excluding hydrogens is 416 g/mol. The first-order valence-electron chi connectivity index (χ1n) is 11.8. The number of carbonyl (C=O) groups excluding carboxylic acids is 3. The molecule has 0 aromatic heterocycles. The standard InChI is InChI=1S/C26H32N4O3/c1-20(29-17-15-28(16-18-29)19-24(31)30-13-7-8-14-30)26(33)27-23-12-6-5-11-22(23)25(32)21-9-3-2-4-10-21/h2-6,9-12,20H,7-8,13-19H2,1H3,(H,27,33). The molecule has 0 radical (unpaired) electrons. The first kappa shape index (κ1) is 23.1. The number of rotatable bonds is 7. The Bertz CT molecular complexity index is 980. The molecule has 2 saturated heterocycles. The minimum absolute atomic E-state index is 0.115. The van der Waals surface area contributed by atoms with E-state index in [9.17, 15) is 14.4 Å². The Labute approximate surface area is 195 Å². The van der Waals surface area contributed by atoms with Gasteiger partial charge in [0, 0.05) is 50.4 Å². The molecule has 0 spiro atoms. The summed E-state index contributed by atoms with van der Waals surface area (Å²) in [6, 6.07) is 15.9. The van der Waals surface area contributed by atoms with Gasteiger partial charge in [0.15, 0.2) is 5.78 Å². The molecule has 2 aliphatic heterocycles. The van der Waals surface area contributed by atoms with E-state index in [1.165, 1.54) is 0 Å². The summed E-state index contributed by atoms with van der Waals surface area (Å²) in [6.45, 7) is 7.10. The molecule has 2 aliphatic rings. The van der Waals surface area contributed by atoms with Gasteiger partial charge in [0.2, 0.25) is 11.8 Å². The number of nitrogens with one attached hydrogen (secondary N) is 1. The number of hydrogen-bond acceptors (Lipinski definition) is 5. The summed E-state index contributed by atoms with van der Waals surface area (Å²) in [4.78, 5) is 44.6. The average molecular weight is 449 g/mol. The van der Waals surface area contributed by atoms with Gasteiger partial charge in [-0.25, -0.2) is 0 Å². The van der Waals surface area contributed by atoms with Crippen molar-refractivity contribution in [2.75, 3.05) is 51.1 Å². The maximum atomic E-state index is 13.0. The molecule has 174 valence electrons. The van der Waals surface area contributed by atoms with Crippen molar-refractivity contribution in [3.8, 4) is 0 Å². The van der Waals surface area contributed by atoms with Gasteiger partial charge < -0.3 is 10.2 Å². The molecule has 0 bridgehead atoms. The second-order valence-electron chi connectivity index (χ2n) is 8.81. The van der Waals surface area contributed by atoms with Gasteiger partial charge in [-0.2, -0.15) is 0 Å². The van der Waals surface area contributed by atoms with Crippen molar-refractivity contribution in [2.45, 2.75) is 25.8 Å². The average Bonchev–Trinajstić information content (AvgIpc) is 3.40. The highest BCUT2D eigenvalue weighted by atomic mass is 16.2. The second-order valence-corrected chi connectivity index (χ2v) is 8.81. The Morgan fingerprint density at radius 3 is 2.18 bits per heavy atom. The van der Waals surface area contributed by atoms with Crippen LogP contribution in [0.25, 0.3) is 0 Å². The smallest absolute Gasteiger partial charge is 0.241 e. The van der Waals surface area contributed by atoms with Crippen molar-refractivity contribution in [3.63, 3.8) is 0 Å². The van der Waals surface area contributed by atoms with Gasteiger partial charge in [-0.1, -0.05) is 42.5 Å². The molecule has 7 heteroatoms. The highest BCUT2D eigenvalue weighted by Gasteiger charge is 2.28. The van der Waals surface area contributed by atoms with E-state index in [1.807, 2.05) is 36.1 Å². The van der Waals surface area contributed by atoms with E-state index in [1.54, 1.807) is 30.3 Å². The van der Waals surface area contributed by atoms with E-state index in [0.717, 1.165) is 52.1 Å². The van der Waals surface area contributed by atoms with E-state index < -0.39 is 0 Å². The Kier molecular flexibility index (Phi) is 7.52. The van der Waals surface area contributed by atoms with Gasteiger partial charge in [0.1, 0.15) is 0 Å². The number of hydrogen-bond donors (Lipinski definition) is 1. The van der Waals surface area contributed by atoms with Crippen molar-refractivity contribution < 1.29 is 14.4 Å². The first-order chi connectivity index (χ1) is 16.0. The molecule has 2 aromatic carbocycles. The Balaban J connectivity index is 1.32. The Hall–Kier alpha value is -3.03. The topological polar surface area (TPSA) is 73.0 Å². The molecule has 0 saturated carbocycles. The Morgan fingerprint density at radius 2 is 1.48 bits per heavy atom. The molecule has 2 fully saturated rings. The van der Waals surface area contributed by atoms with Crippen LogP contribution in [0.1, 0.15) is 35.7 Å². The summed E-state index contributed by atoms with van der Waals surface area (Å²) < 4.78 is 0. The van der Waals surface area contributed by atoms with Crippen LogP contribution in [0.15, 0.2) is 54.6 Å². The monoisotopic (exact) mass is 448 g/mol. The van der Waals surface area contributed by atoms with Crippen LogP contribution in [-0.4, -0.2) is 84.2 Å². The molecule has 1 atom stereocenters. The van der Waals surface area contributed by atoms with Crippen molar-refractivity contribution in [1.82, 2.24) is 14.7 Å². The number of likely N-dealkylation sites (tertiary alicyclic amines) is 1. The zero-order chi connectivity index (χ0) is 23.2. The molecule has 1 N–H and O–H groups in total. The van der Waals surface area contributed by atoms with E-state index in [4.69, 9.17) is 0 Å². The molecule has 4 rings (SSSR count). The fourth-order valence-corrected chi connectivity index (χ4v) is 4.50. The molecule has 2 aromatic rings. The van der Waals surface area contributed by atoms with Crippen molar-refractivity contribution >= 4 is 23.3 Å². The van der Waals surface area contributed by atoms with Crippen molar-refractivity contribution in [2.24, 2.45) is 0 Å². The fourth-order valence-electron chi connectivity index (χ4n) is 4.50. The summed E-state index contributed by atoms with van der Waals surface area (Å²) in [7, 11) is 0. The molecular formula is C26H32N4O3. The van der Waals surface area contributed by atoms with Gasteiger partial charge >= 0.3 is 0 Å².